The first kappa shape index (κ1) is 16.8. The van der Waals surface area contributed by atoms with Gasteiger partial charge in [-0.1, -0.05) is 11.6 Å². The number of nitrogens with one attached hydrogen (secondary N) is 2. The Hall–Kier alpha value is -2.58. The minimum Gasteiger partial charge on any atom is -0.384 e. The second kappa shape index (κ2) is 8.16. The molecule has 0 aromatic heterocycles. The lowest BCUT2D eigenvalue weighted by atomic mass is 10.2. The molecule has 23 heavy (non-hydrogen) atoms. The van der Waals surface area contributed by atoms with Crippen LogP contribution in [0, 0.1) is 17.1 Å². The maximum Gasteiger partial charge on any atom is 0.224 e. The third-order valence-corrected chi connectivity index (χ3v) is 3.38. The average Bonchev–Trinajstić information content (AvgIpc) is 2.54. The predicted molar refractivity (Wildman–Crippen MR) is 88.9 cm³/mol. The SMILES string of the molecule is N#Cc1cc(F)ccc1NCCCC(=O)Nc1ccc(Cl)cc1. The van der Waals surface area contributed by atoms with Crippen LogP contribution in [0.3, 0.4) is 0 Å². The summed E-state index contributed by atoms with van der Waals surface area (Å²) in [5.41, 5.74) is 1.50. The van der Waals surface area contributed by atoms with E-state index in [0.717, 1.165) is 0 Å². The van der Waals surface area contributed by atoms with Crippen molar-refractivity contribution in [3.05, 3.63) is 58.9 Å². The van der Waals surface area contributed by atoms with Crippen molar-refractivity contribution in [2.24, 2.45) is 0 Å². The van der Waals surface area contributed by atoms with E-state index >= 15 is 0 Å². The second-order valence-electron chi connectivity index (χ2n) is 4.89. The topological polar surface area (TPSA) is 64.9 Å². The number of carbonyl (C=O) groups is 1. The van der Waals surface area contributed by atoms with Crippen molar-refractivity contribution >= 4 is 28.9 Å². The van der Waals surface area contributed by atoms with E-state index in [0.29, 0.717) is 35.8 Å². The van der Waals surface area contributed by atoms with Gasteiger partial charge in [0.15, 0.2) is 0 Å². The number of rotatable bonds is 6. The Morgan fingerprint density at radius 2 is 1.96 bits per heavy atom. The van der Waals surface area contributed by atoms with Crippen LogP contribution < -0.4 is 10.6 Å². The van der Waals surface area contributed by atoms with Gasteiger partial charge in [-0.05, 0) is 48.9 Å². The molecule has 0 spiro atoms. The van der Waals surface area contributed by atoms with Crippen LogP contribution >= 0.6 is 11.6 Å². The Bertz CT molecular complexity index is 726. The van der Waals surface area contributed by atoms with Gasteiger partial charge in [0.25, 0.3) is 0 Å². The Balaban J connectivity index is 1.76. The van der Waals surface area contributed by atoms with Crippen molar-refractivity contribution in [3.8, 4) is 6.07 Å². The molecule has 4 nitrogen and oxygen atoms in total. The largest absolute Gasteiger partial charge is 0.384 e. The molecule has 0 fully saturated rings. The van der Waals surface area contributed by atoms with Crippen molar-refractivity contribution < 1.29 is 9.18 Å². The van der Waals surface area contributed by atoms with Gasteiger partial charge in [0.2, 0.25) is 5.91 Å². The van der Waals surface area contributed by atoms with Crippen LogP contribution in [0.25, 0.3) is 0 Å². The molecule has 2 aromatic rings. The number of nitriles is 1. The molecule has 0 aliphatic heterocycles. The van der Waals surface area contributed by atoms with Gasteiger partial charge in [-0.2, -0.15) is 5.26 Å². The molecule has 0 heterocycles. The van der Waals surface area contributed by atoms with Crippen LogP contribution in [0.5, 0.6) is 0 Å². The molecule has 0 unspecified atom stereocenters. The molecular weight excluding hydrogens is 317 g/mol. The number of hydrogen-bond donors (Lipinski definition) is 2. The first-order chi connectivity index (χ1) is 11.1. The molecule has 0 aliphatic rings. The molecule has 0 saturated carbocycles. The highest BCUT2D eigenvalue weighted by Gasteiger charge is 2.05. The van der Waals surface area contributed by atoms with Crippen molar-refractivity contribution in [2.75, 3.05) is 17.2 Å². The van der Waals surface area contributed by atoms with E-state index in [1.807, 2.05) is 6.07 Å². The summed E-state index contributed by atoms with van der Waals surface area (Å²) in [6.07, 6.45) is 0.917. The third-order valence-electron chi connectivity index (χ3n) is 3.13. The fourth-order valence-electron chi connectivity index (χ4n) is 1.99. The van der Waals surface area contributed by atoms with E-state index in [1.165, 1.54) is 18.2 Å². The molecule has 6 heteroatoms. The zero-order chi connectivity index (χ0) is 16.7. The fourth-order valence-corrected chi connectivity index (χ4v) is 2.12. The maximum absolute atomic E-state index is 13.0. The van der Waals surface area contributed by atoms with E-state index in [4.69, 9.17) is 16.9 Å². The van der Waals surface area contributed by atoms with Crippen molar-refractivity contribution in [1.82, 2.24) is 0 Å². The minimum absolute atomic E-state index is 0.103. The minimum atomic E-state index is -0.450. The molecule has 0 atom stereocenters. The number of amides is 1. The smallest absolute Gasteiger partial charge is 0.224 e. The number of halogens is 2. The van der Waals surface area contributed by atoms with Gasteiger partial charge in [-0.25, -0.2) is 4.39 Å². The van der Waals surface area contributed by atoms with Crippen LogP contribution in [0.4, 0.5) is 15.8 Å². The number of nitrogens with zero attached hydrogens (tertiary/aromatic N) is 1. The quantitative estimate of drug-likeness (QED) is 0.780. The Morgan fingerprint density at radius 3 is 2.65 bits per heavy atom. The van der Waals surface area contributed by atoms with Gasteiger partial charge < -0.3 is 10.6 Å². The summed E-state index contributed by atoms with van der Waals surface area (Å²) >= 11 is 5.78. The fraction of sp³-hybridized carbons (Fsp3) is 0.176. The molecular formula is C17H15ClFN3O. The average molecular weight is 332 g/mol. The van der Waals surface area contributed by atoms with Crippen molar-refractivity contribution in [1.29, 1.82) is 5.26 Å². The lowest BCUT2D eigenvalue weighted by molar-refractivity contribution is -0.116. The maximum atomic E-state index is 13.0. The van der Waals surface area contributed by atoms with Gasteiger partial charge >= 0.3 is 0 Å². The number of hydrogen-bond acceptors (Lipinski definition) is 3. The summed E-state index contributed by atoms with van der Waals surface area (Å²) in [6.45, 7) is 0.508. The van der Waals surface area contributed by atoms with Crippen LogP contribution in [-0.2, 0) is 4.79 Å². The Morgan fingerprint density at radius 1 is 1.22 bits per heavy atom. The normalized spacial score (nSPS) is 9.96. The zero-order valence-corrected chi connectivity index (χ0v) is 13.0. The lowest BCUT2D eigenvalue weighted by Crippen LogP contribution is -2.13. The molecule has 0 saturated heterocycles. The van der Waals surface area contributed by atoms with E-state index in [2.05, 4.69) is 10.6 Å². The van der Waals surface area contributed by atoms with Gasteiger partial charge in [-0.15, -0.1) is 0 Å². The third kappa shape index (κ3) is 5.28. The molecule has 1 amide bonds. The van der Waals surface area contributed by atoms with Gasteiger partial charge in [0, 0.05) is 23.7 Å². The molecule has 2 aromatic carbocycles. The highest BCUT2D eigenvalue weighted by Crippen LogP contribution is 2.16. The van der Waals surface area contributed by atoms with Gasteiger partial charge in [0.05, 0.1) is 11.3 Å². The van der Waals surface area contributed by atoms with E-state index in [-0.39, 0.29) is 11.5 Å². The van der Waals surface area contributed by atoms with Crippen LogP contribution in [0.1, 0.15) is 18.4 Å². The molecule has 0 radical (unpaired) electrons. The molecule has 2 N–H and O–H groups in total. The Labute approximate surface area is 138 Å². The summed E-state index contributed by atoms with van der Waals surface area (Å²) in [4.78, 5) is 11.8. The van der Waals surface area contributed by atoms with Crippen molar-refractivity contribution in [3.63, 3.8) is 0 Å². The first-order valence-electron chi connectivity index (χ1n) is 7.07. The van der Waals surface area contributed by atoms with E-state index in [1.54, 1.807) is 24.3 Å². The summed E-state index contributed by atoms with van der Waals surface area (Å²) in [5, 5.41) is 15.4. The highest BCUT2D eigenvalue weighted by molar-refractivity contribution is 6.30. The molecule has 118 valence electrons. The summed E-state index contributed by atoms with van der Waals surface area (Å²) in [7, 11) is 0. The van der Waals surface area contributed by atoms with Crippen LogP contribution in [0.15, 0.2) is 42.5 Å². The van der Waals surface area contributed by atoms with Crippen LogP contribution in [-0.4, -0.2) is 12.5 Å². The van der Waals surface area contributed by atoms with Gasteiger partial charge in [-0.3, -0.25) is 4.79 Å². The predicted octanol–water partition coefficient (Wildman–Crippen LogP) is 4.18. The second-order valence-corrected chi connectivity index (χ2v) is 5.32. The van der Waals surface area contributed by atoms with Gasteiger partial charge in [0.1, 0.15) is 11.9 Å². The summed E-state index contributed by atoms with van der Waals surface area (Å²) in [6, 6.07) is 12.8. The van der Waals surface area contributed by atoms with E-state index < -0.39 is 5.82 Å². The molecule has 0 bridgehead atoms. The first-order valence-corrected chi connectivity index (χ1v) is 7.45. The molecule has 0 aliphatic carbocycles. The highest BCUT2D eigenvalue weighted by atomic mass is 35.5. The zero-order valence-electron chi connectivity index (χ0n) is 12.3. The monoisotopic (exact) mass is 331 g/mol. The standard InChI is InChI=1S/C17H15ClFN3O/c18-13-3-6-15(7-4-13)22-17(23)2-1-9-21-16-8-5-14(19)10-12(16)11-20/h3-8,10,21H,1-2,9H2,(H,22,23). The summed E-state index contributed by atoms with van der Waals surface area (Å²) < 4.78 is 13.0. The Kier molecular flexibility index (Phi) is 5.95. The summed E-state index contributed by atoms with van der Waals surface area (Å²) in [5.74, 6) is -0.553. The number of anilines is 2. The van der Waals surface area contributed by atoms with Crippen LogP contribution in [0.2, 0.25) is 5.02 Å². The number of carbonyl (C=O) groups excluding carboxylic acids is 1. The van der Waals surface area contributed by atoms with E-state index in [9.17, 15) is 9.18 Å². The number of benzene rings is 2. The lowest BCUT2D eigenvalue weighted by Gasteiger charge is -2.08. The molecule has 2 rings (SSSR count). The van der Waals surface area contributed by atoms with Crippen molar-refractivity contribution in [2.45, 2.75) is 12.8 Å².